The minimum atomic E-state index is -0.167. The molecule has 4 nitrogen and oxygen atoms in total. The van der Waals surface area contributed by atoms with Crippen molar-refractivity contribution in [3.05, 3.63) is 68.5 Å². The van der Waals surface area contributed by atoms with Gasteiger partial charge in [0.2, 0.25) is 0 Å². The van der Waals surface area contributed by atoms with Crippen LogP contribution in [0.3, 0.4) is 0 Å². The molecule has 0 radical (unpaired) electrons. The van der Waals surface area contributed by atoms with Gasteiger partial charge in [-0.3, -0.25) is 4.79 Å². The monoisotopic (exact) mass is 477 g/mol. The van der Waals surface area contributed by atoms with Crippen molar-refractivity contribution in [1.29, 1.82) is 0 Å². The maximum atomic E-state index is 13.3. The van der Waals surface area contributed by atoms with E-state index in [-0.39, 0.29) is 19.1 Å². The molecule has 0 spiro atoms. The third kappa shape index (κ3) is 3.70. The van der Waals surface area contributed by atoms with Crippen LogP contribution in [0.4, 0.5) is 5.69 Å². The van der Waals surface area contributed by atoms with E-state index >= 15 is 0 Å². The molecule has 1 aliphatic heterocycles. The Morgan fingerprint density at radius 1 is 1.25 bits per heavy atom. The van der Waals surface area contributed by atoms with E-state index in [4.69, 9.17) is 16.3 Å². The van der Waals surface area contributed by atoms with Gasteiger partial charge in [0, 0.05) is 27.9 Å². The van der Waals surface area contributed by atoms with Crippen molar-refractivity contribution < 1.29 is 14.6 Å². The predicted molar refractivity (Wildman–Crippen MR) is 117 cm³/mol. The number of hydrogen-bond donors (Lipinski definition) is 1. The fourth-order valence-corrected chi connectivity index (χ4v) is 5.02. The summed E-state index contributed by atoms with van der Waals surface area (Å²) in [6.45, 7) is 0.593. The molecular formula is C21H17BrClNO3S. The summed E-state index contributed by atoms with van der Waals surface area (Å²) < 4.78 is 6.83. The summed E-state index contributed by atoms with van der Waals surface area (Å²) in [5.41, 5.74) is 2.68. The standard InChI is InChI=1S/C21H17BrClNO3S/c22-14-5-6-15-18(12-14)27-10-7-13-11-19(28-20(13)15)21(26)24(8-9-25)17-4-2-1-3-16(17)23/h1-6,11-12,25H,7-10H2. The first-order chi connectivity index (χ1) is 13.6. The Balaban J connectivity index is 1.75. The second kappa shape index (κ2) is 8.25. The molecule has 1 aliphatic rings. The molecule has 0 saturated heterocycles. The number of aliphatic hydroxyl groups is 1. The Morgan fingerprint density at radius 3 is 2.86 bits per heavy atom. The van der Waals surface area contributed by atoms with Crippen LogP contribution in [0.15, 0.2) is 53.0 Å². The van der Waals surface area contributed by atoms with Gasteiger partial charge < -0.3 is 14.7 Å². The molecule has 0 aliphatic carbocycles. The molecule has 0 bridgehead atoms. The average Bonchev–Trinajstić information content (AvgIpc) is 3.03. The normalized spacial score (nSPS) is 12.5. The van der Waals surface area contributed by atoms with Crippen molar-refractivity contribution in [1.82, 2.24) is 0 Å². The minimum Gasteiger partial charge on any atom is -0.493 e. The number of carbonyl (C=O) groups excluding carboxylic acids is 1. The van der Waals surface area contributed by atoms with Gasteiger partial charge in [-0.25, -0.2) is 0 Å². The molecule has 2 aromatic carbocycles. The first-order valence-electron chi connectivity index (χ1n) is 8.81. The summed E-state index contributed by atoms with van der Waals surface area (Å²) in [5, 5.41) is 9.96. The van der Waals surface area contributed by atoms with E-state index < -0.39 is 0 Å². The number of halogens is 2. The SMILES string of the molecule is O=C(c1cc2c(s1)-c1ccc(Br)cc1OCC2)N(CCO)c1ccccc1Cl. The Hall–Kier alpha value is -1.86. The molecule has 0 unspecified atom stereocenters. The lowest BCUT2D eigenvalue weighted by atomic mass is 10.1. The van der Waals surface area contributed by atoms with Gasteiger partial charge in [-0.15, -0.1) is 11.3 Å². The first-order valence-corrected chi connectivity index (χ1v) is 10.8. The van der Waals surface area contributed by atoms with Crippen LogP contribution in [0.2, 0.25) is 5.02 Å². The van der Waals surface area contributed by atoms with Crippen molar-refractivity contribution in [3.63, 3.8) is 0 Å². The van der Waals surface area contributed by atoms with Crippen molar-refractivity contribution in [2.24, 2.45) is 0 Å². The fourth-order valence-electron chi connectivity index (χ4n) is 3.26. The Morgan fingerprint density at radius 2 is 2.07 bits per heavy atom. The maximum Gasteiger partial charge on any atom is 0.268 e. The van der Waals surface area contributed by atoms with Gasteiger partial charge in [0.1, 0.15) is 5.75 Å². The average molecular weight is 479 g/mol. The number of aliphatic hydroxyl groups excluding tert-OH is 1. The van der Waals surface area contributed by atoms with Crippen molar-refractivity contribution in [3.8, 4) is 16.2 Å². The maximum absolute atomic E-state index is 13.3. The minimum absolute atomic E-state index is 0.146. The number of amides is 1. The van der Waals surface area contributed by atoms with Gasteiger partial charge in [0.25, 0.3) is 5.91 Å². The van der Waals surface area contributed by atoms with Crippen LogP contribution < -0.4 is 9.64 Å². The number of nitrogens with zero attached hydrogens (tertiary/aromatic N) is 1. The summed E-state index contributed by atoms with van der Waals surface area (Å²) in [7, 11) is 0. The lowest BCUT2D eigenvalue weighted by Crippen LogP contribution is -2.33. The van der Waals surface area contributed by atoms with Crippen LogP contribution in [0.25, 0.3) is 10.4 Å². The van der Waals surface area contributed by atoms with Crippen LogP contribution in [0.5, 0.6) is 5.75 Å². The summed E-state index contributed by atoms with van der Waals surface area (Å²) in [6, 6.07) is 15.0. The number of thiophene rings is 1. The molecule has 144 valence electrons. The van der Waals surface area contributed by atoms with Gasteiger partial charge in [0.15, 0.2) is 0 Å². The lowest BCUT2D eigenvalue weighted by Gasteiger charge is -2.22. The topological polar surface area (TPSA) is 49.8 Å². The third-order valence-electron chi connectivity index (χ3n) is 4.55. The largest absolute Gasteiger partial charge is 0.493 e. The number of rotatable bonds is 4. The third-order valence-corrected chi connectivity index (χ3v) is 6.56. The van der Waals surface area contributed by atoms with Crippen LogP contribution in [0.1, 0.15) is 15.2 Å². The smallest absolute Gasteiger partial charge is 0.268 e. The van der Waals surface area contributed by atoms with E-state index in [0.29, 0.717) is 22.2 Å². The predicted octanol–water partition coefficient (Wildman–Crippen LogP) is 5.41. The Bertz CT molecular complexity index is 1040. The summed E-state index contributed by atoms with van der Waals surface area (Å²) in [6.07, 6.45) is 0.734. The quantitative estimate of drug-likeness (QED) is 0.546. The highest BCUT2D eigenvalue weighted by Gasteiger charge is 2.25. The van der Waals surface area contributed by atoms with Gasteiger partial charge in [0.05, 0.1) is 28.8 Å². The second-order valence-corrected chi connectivity index (χ2v) is 8.71. The van der Waals surface area contributed by atoms with E-state index in [1.165, 1.54) is 16.2 Å². The van der Waals surface area contributed by atoms with E-state index in [1.54, 1.807) is 12.1 Å². The highest BCUT2D eigenvalue weighted by molar-refractivity contribution is 9.10. The Kier molecular flexibility index (Phi) is 5.73. The first kappa shape index (κ1) is 19.5. The molecule has 28 heavy (non-hydrogen) atoms. The molecule has 1 amide bonds. The summed E-state index contributed by atoms with van der Waals surface area (Å²) in [5.74, 6) is 0.645. The van der Waals surface area contributed by atoms with E-state index in [0.717, 1.165) is 32.6 Å². The molecule has 2 heterocycles. The molecule has 7 heteroatoms. The van der Waals surface area contributed by atoms with E-state index in [1.807, 2.05) is 36.4 Å². The molecule has 0 saturated carbocycles. The number of hydrogen-bond acceptors (Lipinski definition) is 4. The second-order valence-electron chi connectivity index (χ2n) is 6.34. The molecule has 0 atom stereocenters. The van der Waals surface area contributed by atoms with E-state index in [2.05, 4.69) is 15.9 Å². The van der Waals surface area contributed by atoms with Gasteiger partial charge in [-0.2, -0.15) is 0 Å². The lowest BCUT2D eigenvalue weighted by molar-refractivity contribution is 0.0985. The van der Waals surface area contributed by atoms with Crippen LogP contribution in [0, 0.1) is 0 Å². The van der Waals surface area contributed by atoms with Crippen LogP contribution >= 0.6 is 38.9 Å². The fraction of sp³-hybridized carbons (Fsp3) is 0.190. The number of carbonyl (C=O) groups is 1. The van der Waals surface area contributed by atoms with Crippen molar-refractivity contribution in [2.45, 2.75) is 6.42 Å². The summed E-state index contributed by atoms with van der Waals surface area (Å²) >= 11 is 11.2. The van der Waals surface area contributed by atoms with Crippen LogP contribution in [-0.4, -0.2) is 30.8 Å². The number of ether oxygens (including phenoxy) is 1. The summed E-state index contributed by atoms with van der Waals surface area (Å²) in [4.78, 5) is 16.5. The highest BCUT2D eigenvalue weighted by Crippen LogP contribution is 2.42. The number of fused-ring (bicyclic) bond motifs is 3. The highest BCUT2D eigenvalue weighted by atomic mass is 79.9. The number of anilines is 1. The van der Waals surface area contributed by atoms with Gasteiger partial charge >= 0.3 is 0 Å². The van der Waals surface area contributed by atoms with Gasteiger partial charge in [-0.1, -0.05) is 39.7 Å². The molecule has 1 N–H and O–H groups in total. The van der Waals surface area contributed by atoms with Crippen molar-refractivity contribution >= 4 is 50.5 Å². The van der Waals surface area contributed by atoms with E-state index in [9.17, 15) is 9.90 Å². The molecular weight excluding hydrogens is 462 g/mol. The molecule has 3 aromatic rings. The molecule has 1 aromatic heterocycles. The zero-order chi connectivity index (χ0) is 19.7. The Labute approximate surface area is 180 Å². The molecule has 4 rings (SSSR count). The molecule has 0 fully saturated rings. The number of para-hydroxylation sites is 1. The zero-order valence-corrected chi connectivity index (χ0v) is 18.0. The number of benzene rings is 2. The zero-order valence-electron chi connectivity index (χ0n) is 14.8. The van der Waals surface area contributed by atoms with Crippen molar-refractivity contribution in [2.75, 3.05) is 24.7 Å². The van der Waals surface area contributed by atoms with Gasteiger partial charge in [-0.05, 0) is 42.0 Å². The van der Waals surface area contributed by atoms with Crippen LogP contribution in [-0.2, 0) is 6.42 Å².